The van der Waals surface area contributed by atoms with Crippen molar-refractivity contribution in [1.29, 1.82) is 0 Å². The average Bonchev–Trinajstić information content (AvgIpc) is 3.38. The molecule has 6 atom stereocenters. The Bertz CT molecular complexity index is 1290. The number of hydrogen-bond donors (Lipinski definition) is 5. The number of hydrogen-bond acceptors (Lipinski definition) is 11. The minimum atomic E-state index is -2.61. The van der Waals surface area contributed by atoms with Crippen molar-refractivity contribution in [2.45, 2.75) is 56.1 Å². The number of carbonyl (C=O) groups is 2. The number of nitrogens with zero attached hydrogens (tertiary/aromatic N) is 3. The van der Waals surface area contributed by atoms with Crippen LogP contribution in [0.25, 0.3) is 11.3 Å². The minimum absolute atomic E-state index is 0. The molecule has 2 heterocycles. The Balaban J connectivity index is 0.00000441. The summed E-state index contributed by atoms with van der Waals surface area (Å²) in [4.78, 5) is 24.0. The molecular weight excluding hydrogens is 535 g/mol. The van der Waals surface area contributed by atoms with Crippen LogP contribution in [0.3, 0.4) is 0 Å². The van der Waals surface area contributed by atoms with Crippen molar-refractivity contribution in [1.82, 2.24) is 20.3 Å². The van der Waals surface area contributed by atoms with Crippen LogP contribution in [0, 0.1) is 0 Å². The first-order chi connectivity index (χ1) is 18.6. The van der Waals surface area contributed by atoms with Crippen LogP contribution >= 0.6 is 0 Å². The number of aliphatic carboxylic acids is 1. The van der Waals surface area contributed by atoms with Crippen LogP contribution in [0.4, 0.5) is 0 Å². The number of amides is 1. The van der Waals surface area contributed by atoms with Crippen LogP contribution in [0.1, 0.15) is 18.9 Å². The number of aromatic nitrogens is 3. The number of carboxylic acids is 1. The molecule has 3 aromatic rings. The number of carbonyl (C=O) groups excluding carboxylic acids is 2. The third kappa shape index (κ3) is 7.25. The van der Waals surface area contributed by atoms with E-state index in [1.54, 1.807) is 23.0 Å². The van der Waals surface area contributed by atoms with Gasteiger partial charge in [-0.05, 0) is 17.7 Å². The van der Waals surface area contributed by atoms with Gasteiger partial charge < -0.3 is 45.1 Å². The molecular formula is C26H29N4NaO9. The van der Waals surface area contributed by atoms with Crippen LogP contribution in [0.2, 0.25) is 0 Å². The quantitative estimate of drug-likeness (QED) is 0.148. The fourth-order valence-electron chi connectivity index (χ4n) is 4.41. The standard InChI is InChI=1S/C26H30N4O9.Na/c1-15(32)27-22-20(33)11-26(25(36)37,39-24(22)23(35)21(34)14-31)38-18-9-5-8-17(10-18)19-13-30(29-28-19)12-16-6-3-2-4-7-16;/h2-10,13,20-24,31,33-35H,11-12,14H2,1H3,(H,27,32)(H,36,37);/q;+1/p-1/t20-,21+,22+,23-,24+,26+;/m0./s1. The van der Waals surface area contributed by atoms with Crippen molar-refractivity contribution in [2.24, 2.45) is 0 Å². The maximum atomic E-state index is 12.3. The average molecular weight is 565 g/mol. The Hall–Kier alpha value is -2.88. The molecule has 1 aromatic heterocycles. The monoisotopic (exact) mass is 564 g/mol. The van der Waals surface area contributed by atoms with Gasteiger partial charge in [0.2, 0.25) is 5.91 Å². The zero-order chi connectivity index (χ0) is 28.2. The van der Waals surface area contributed by atoms with E-state index in [1.807, 2.05) is 30.3 Å². The number of nitrogens with one attached hydrogen (secondary N) is 1. The predicted octanol–water partition coefficient (Wildman–Crippen LogP) is -4.81. The summed E-state index contributed by atoms with van der Waals surface area (Å²) in [5, 5.41) is 63.6. The Labute approximate surface area is 251 Å². The molecule has 1 aliphatic rings. The van der Waals surface area contributed by atoms with Crippen LogP contribution in [-0.4, -0.2) is 90.1 Å². The molecule has 0 aliphatic carbocycles. The van der Waals surface area contributed by atoms with E-state index in [2.05, 4.69) is 15.6 Å². The van der Waals surface area contributed by atoms with Gasteiger partial charge in [-0.25, -0.2) is 4.68 Å². The molecule has 0 spiro atoms. The first-order valence-electron chi connectivity index (χ1n) is 12.2. The summed E-state index contributed by atoms with van der Waals surface area (Å²) in [5.41, 5.74) is 2.05. The van der Waals surface area contributed by atoms with Gasteiger partial charge in [0, 0.05) is 18.9 Å². The van der Waals surface area contributed by atoms with E-state index < -0.39 is 61.1 Å². The van der Waals surface area contributed by atoms with Crippen molar-refractivity contribution in [2.75, 3.05) is 6.61 Å². The SMILES string of the molecule is CC(=O)N[C@H]1[C@H]([C@@H](O)[C@H](O)CO)O[C@@](Oc2cccc(-c3cn(Cc4ccccc4)nn3)c2)(C(=O)[O-])C[C@@H]1O.[Na+]. The molecule has 208 valence electrons. The topological polar surface area (TPSA) is 199 Å². The summed E-state index contributed by atoms with van der Waals surface area (Å²) in [7, 11) is 0. The molecule has 2 aromatic carbocycles. The molecule has 0 bridgehead atoms. The largest absolute Gasteiger partial charge is 1.00 e. The number of carboxylic acid groups (broad SMARTS) is 1. The van der Waals surface area contributed by atoms with Gasteiger partial charge in [0.25, 0.3) is 5.79 Å². The van der Waals surface area contributed by atoms with Crippen LogP contribution in [0.5, 0.6) is 5.75 Å². The molecule has 0 saturated carbocycles. The van der Waals surface area contributed by atoms with Crippen LogP contribution in [-0.2, 0) is 20.9 Å². The van der Waals surface area contributed by atoms with Crippen molar-refractivity contribution >= 4 is 11.9 Å². The van der Waals surface area contributed by atoms with Gasteiger partial charge in [0.1, 0.15) is 35.7 Å². The van der Waals surface area contributed by atoms with Crippen molar-refractivity contribution < 1.29 is 74.2 Å². The summed E-state index contributed by atoms with van der Waals surface area (Å²) in [6, 6.07) is 14.6. The Morgan fingerprint density at radius 1 is 1.23 bits per heavy atom. The molecule has 1 saturated heterocycles. The molecule has 0 unspecified atom stereocenters. The van der Waals surface area contributed by atoms with Gasteiger partial charge in [-0.2, -0.15) is 0 Å². The second kappa shape index (κ2) is 13.7. The van der Waals surface area contributed by atoms with Crippen LogP contribution in [0.15, 0.2) is 60.8 Å². The number of ether oxygens (including phenoxy) is 2. The molecule has 1 aliphatic heterocycles. The Morgan fingerprint density at radius 3 is 2.60 bits per heavy atom. The predicted molar refractivity (Wildman–Crippen MR) is 132 cm³/mol. The smallest absolute Gasteiger partial charge is 0.543 e. The summed E-state index contributed by atoms with van der Waals surface area (Å²) < 4.78 is 13.0. The number of aliphatic hydroxyl groups excluding tert-OH is 4. The fraction of sp³-hybridized carbons (Fsp3) is 0.385. The van der Waals surface area contributed by atoms with Gasteiger partial charge in [-0.15, -0.1) is 5.10 Å². The van der Waals surface area contributed by atoms with Gasteiger partial charge in [-0.1, -0.05) is 47.7 Å². The van der Waals surface area contributed by atoms with Crippen molar-refractivity contribution in [3.05, 3.63) is 66.4 Å². The van der Waals surface area contributed by atoms with E-state index >= 15 is 0 Å². The van der Waals surface area contributed by atoms with Crippen molar-refractivity contribution in [3.63, 3.8) is 0 Å². The first-order valence-corrected chi connectivity index (χ1v) is 12.2. The second-order valence-electron chi connectivity index (χ2n) is 9.28. The van der Waals surface area contributed by atoms with E-state index in [0.717, 1.165) is 12.5 Å². The number of aliphatic hydroxyl groups is 4. The van der Waals surface area contributed by atoms with Gasteiger partial charge in [0.15, 0.2) is 0 Å². The minimum Gasteiger partial charge on any atom is -0.543 e. The van der Waals surface area contributed by atoms with Gasteiger partial charge >= 0.3 is 29.6 Å². The Kier molecular flexibility index (Phi) is 10.8. The van der Waals surface area contributed by atoms with E-state index in [0.29, 0.717) is 17.8 Å². The third-order valence-corrected chi connectivity index (χ3v) is 6.31. The maximum absolute atomic E-state index is 12.3. The zero-order valence-corrected chi connectivity index (χ0v) is 24.0. The number of rotatable bonds is 10. The maximum Gasteiger partial charge on any atom is 1.00 e. The molecule has 5 N–H and O–H groups in total. The van der Waals surface area contributed by atoms with E-state index in [9.17, 15) is 35.1 Å². The molecule has 14 heteroatoms. The van der Waals surface area contributed by atoms with Crippen molar-refractivity contribution in [3.8, 4) is 17.0 Å². The molecule has 13 nitrogen and oxygen atoms in total. The first kappa shape index (κ1) is 31.6. The molecule has 1 amide bonds. The molecule has 1 fully saturated rings. The Morgan fingerprint density at radius 2 is 1.95 bits per heavy atom. The fourth-order valence-corrected chi connectivity index (χ4v) is 4.41. The second-order valence-corrected chi connectivity index (χ2v) is 9.28. The number of benzene rings is 2. The third-order valence-electron chi connectivity index (χ3n) is 6.31. The summed E-state index contributed by atoms with van der Waals surface area (Å²) in [6.45, 7) is 0.746. The summed E-state index contributed by atoms with van der Waals surface area (Å²) in [6.07, 6.45) is -5.91. The summed E-state index contributed by atoms with van der Waals surface area (Å²) >= 11 is 0. The van der Waals surface area contributed by atoms with Gasteiger partial charge in [0.05, 0.1) is 31.5 Å². The van der Waals surface area contributed by atoms with Crippen LogP contribution < -0.4 is 44.7 Å². The van der Waals surface area contributed by atoms with E-state index in [4.69, 9.17) is 9.47 Å². The zero-order valence-electron chi connectivity index (χ0n) is 22.0. The van der Waals surface area contributed by atoms with E-state index in [-0.39, 0.29) is 35.3 Å². The molecule has 4 rings (SSSR count). The van der Waals surface area contributed by atoms with E-state index in [1.165, 1.54) is 12.1 Å². The molecule has 0 radical (unpaired) electrons. The molecule has 40 heavy (non-hydrogen) atoms. The normalized spacial score (nSPS) is 23.9. The van der Waals surface area contributed by atoms with Gasteiger partial charge in [-0.3, -0.25) is 4.79 Å². The summed E-state index contributed by atoms with van der Waals surface area (Å²) in [5.74, 6) is -5.07.